The first-order valence-electron chi connectivity index (χ1n) is 9.56. The van der Waals surface area contributed by atoms with Gasteiger partial charge in [-0.3, -0.25) is 14.4 Å². The topological polar surface area (TPSA) is 124 Å². The Bertz CT molecular complexity index is 1290. The van der Waals surface area contributed by atoms with E-state index in [1.165, 1.54) is 36.4 Å². The van der Waals surface area contributed by atoms with E-state index in [2.05, 4.69) is 16.0 Å². The molecule has 0 saturated heterocycles. The molecule has 3 aromatic rings. The third-order valence-electron chi connectivity index (χ3n) is 4.19. The third kappa shape index (κ3) is 7.12. The van der Waals surface area contributed by atoms with Crippen molar-refractivity contribution in [3.8, 4) is 6.07 Å². The van der Waals surface area contributed by atoms with Crippen LogP contribution in [-0.2, 0) is 20.9 Å². The number of carbonyl (C=O) groups is 3. The van der Waals surface area contributed by atoms with Crippen molar-refractivity contribution in [3.05, 3.63) is 86.8 Å². The lowest BCUT2D eigenvalue weighted by molar-refractivity contribution is -0.136. The number of benzene rings is 2. The number of anilines is 2. The van der Waals surface area contributed by atoms with Crippen molar-refractivity contribution in [1.82, 2.24) is 5.32 Å². The molecule has 34 heavy (non-hydrogen) atoms. The summed E-state index contributed by atoms with van der Waals surface area (Å²) >= 11 is 17.5. The van der Waals surface area contributed by atoms with Crippen LogP contribution in [0.15, 0.2) is 64.6 Å². The van der Waals surface area contributed by atoms with Gasteiger partial charge < -0.3 is 20.4 Å². The largest absolute Gasteiger partial charge is 0.460 e. The molecule has 3 rings (SSSR count). The van der Waals surface area contributed by atoms with Crippen LogP contribution in [0.1, 0.15) is 11.5 Å². The molecule has 0 bridgehead atoms. The predicted molar refractivity (Wildman–Crippen MR) is 129 cm³/mol. The molecule has 1 heterocycles. The zero-order chi connectivity index (χ0) is 24.7. The lowest BCUT2D eigenvalue weighted by Crippen LogP contribution is -2.34. The SMILES string of the molecule is N#C/C(=C/c1ccc(CNC(=O)C(=O)Nc2cc(Cl)cc(Cl)c2)o1)C(=O)Nc1ccc(Cl)cc1. The van der Waals surface area contributed by atoms with Crippen LogP contribution in [-0.4, -0.2) is 17.7 Å². The third-order valence-corrected chi connectivity index (χ3v) is 4.87. The van der Waals surface area contributed by atoms with E-state index in [4.69, 9.17) is 39.2 Å². The Kier molecular flexibility index (Phi) is 8.33. The fraction of sp³-hybridized carbons (Fsp3) is 0.0435. The lowest BCUT2D eigenvalue weighted by atomic mass is 10.2. The minimum absolute atomic E-state index is 0.102. The number of carbonyl (C=O) groups excluding carboxylic acids is 3. The van der Waals surface area contributed by atoms with Crippen molar-refractivity contribution in [2.45, 2.75) is 6.54 Å². The molecule has 0 aliphatic rings. The zero-order valence-electron chi connectivity index (χ0n) is 17.2. The molecule has 3 amide bonds. The van der Waals surface area contributed by atoms with Gasteiger partial charge in [0.15, 0.2) is 0 Å². The second kappa shape index (κ2) is 11.4. The summed E-state index contributed by atoms with van der Waals surface area (Å²) in [6.07, 6.45) is 1.26. The molecule has 0 aliphatic heterocycles. The molecule has 0 atom stereocenters. The first kappa shape index (κ1) is 24.9. The Labute approximate surface area is 209 Å². The molecule has 0 unspecified atom stereocenters. The molecule has 172 valence electrons. The van der Waals surface area contributed by atoms with E-state index in [-0.39, 0.29) is 23.6 Å². The van der Waals surface area contributed by atoms with Crippen LogP contribution in [0.4, 0.5) is 11.4 Å². The number of amides is 3. The summed E-state index contributed by atoms with van der Waals surface area (Å²) in [7, 11) is 0. The highest BCUT2D eigenvalue weighted by Gasteiger charge is 2.15. The molecule has 0 radical (unpaired) electrons. The number of hydrogen-bond acceptors (Lipinski definition) is 5. The van der Waals surface area contributed by atoms with Crippen LogP contribution in [0.3, 0.4) is 0 Å². The van der Waals surface area contributed by atoms with Crippen LogP contribution in [0.2, 0.25) is 15.1 Å². The summed E-state index contributed by atoms with van der Waals surface area (Å²) in [4.78, 5) is 36.4. The normalized spacial score (nSPS) is 10.8. The van der Waals surface area contributed by atoms with Crippen molar-refractivity contribution in [1.29, 1.82) is 5.26 Å². The van der Waals surface area contributed by atoms with Gasteiger partial charge in [0.05, 0.1) is 6.54 Å². The van der Waals surface area contributed by atoms with Crippen LogP contribution in [0.25, 0.3) is 6.08 Å². The van der Waals surface area contributed by atoms with E-state index >= 15 is 0 Å². The zero-order valence-corrected chi connectivity index (χ0v) is 19.5. The maximum absolute atomic E-state index is 12.3. The molecular formula is C23H15Cl3N4O4. The molecular weight excluding hydrogens is 503 g/mol. The van der Waals surface area contributed by atoms with Gasteiger partial charge in [-0.2, -0.15) is 5.26 Å². The number of nitriles is 1. The smallest absolute Gasteiger partial charge is 0.313 e. The van der Waals surface area contributed by atoms with Gasteiger partial charge in [-0.1, -0.05) is 34.8 Å². The van der Waals surface area contributed by atoms with Crippen LogP contribution in [0, 0.1) is 11.3 Å². The first-order valence-corrected chi connectivity index (χ1v) is 10.7. The quantitative estimate of drug-likeness (QED) is 0.240. The Morgan fingerprint density at radius 1 is 0.824 bits per heavy atom. The molecule has 3 N–H and O–H groups in total. The summed E-state index contributed by atoms with van der Waals surface area (Å²) in [5.41, 5.74) is 0.542. The van der Waals surface area contributed by atoms with Gasteiger partial charge in [-0.15, -0.1) is 0 Å². The minimum atomic E-state index is -0.921. The van der Waals surface area contributed by atoms with Crippen molar-refractivity contribution in [3.63, 3.8) is 0 Å². The lowest BCUT2D eigenvalue weighted by Gasteiger charge is -2.06. The number of furan rings is 1. The van der Waals surface area contributed by atoms with Crippen molar-refractivity contribution >= 4 is 70.0 Å². The van der Waals surface area contributed by atoms with Crippen LogP contribution in [0.5, 0.6) is 0 Å². The van der Waals surface area contributed by atoms with Crippen LogP contribution >= 0.6 is 34.8 Å². The monoisotopic (exact) mass is 516 g/mol. The number of halogens is 3. The fourth-order valence-electron chi connectivity index (χ4n) is 2.65. The Morgan fingerprint density at radius 2 is 1.47 bits per heavy atom. The highest BCUT2D eigenvalue weighted by molar-refractivity contribution is 6.40. The number of nitrogens with zero attached hydrogens (tertiary/aromatic N) is 1. The molecule has 2 aromatic carbocycles. The number of hydrogen-bond donors (Lipinski definition) is 3. The van der Waals surface area contributed by atoms with Gasteiger partial charge in [-0.05, 0) is 54.6 Å². The van der Waals surface area contributed by atoms with Crippen LogP contribution < -0.4 is 16.0 Å². The van der Waals surface area contributed by atoms with Gasteiger partial charge in [-0.25, -0.2) is 0 Å². The highest BCUT2D eigenvalue weighted by Crippen LogP contribution is 2.22. The Hall–Kier alpha value is -3.77. The molecule has 11 heteroatoms. The van der Waals surface area contributed by atoms with Gasteiger partial charge in [0.2, 0.25) is 0 Å². The molecule has 0 spiro atoms. The molecule has 0 fully saturated rings. The second-order valence-electron chi connectivity index (χ2n) is 6.73. The van der Waals surface area contributed by atoms with Crippen molar-refractivity contribution in [2.24, 2.45) is 0 Å². The van der Waals surface area contributed by atoms with E-state index in [0.717, 1.165) is 0 Å². The standard InChI is InChI=1S/C23H15Cl3N4O4/c24-14-1-3-17(4-2-14)29-21(31)13(11-27)7-19-5-6-20(34-19)12-28-22(32)23(33)30-18-9-15(25)8-16(26)10-18/h1-10H,12H2,(H,28,32)(H,29,31)(H,30,33)/b13-7-. The van der Waals surface area contributed by atoms with Gasteiger partial charge in [0, 0.05) is 32.5 Å². The fourth-order valence-corrected chi connectivity index (χ4v) is 3.30. The molecule has 8 nitrogen and oxygen atoms in total. The molecule has 0 aliphatic carbocycles. The summed E-state index contributed by atoms with van der Waals surface area (Å²) in [5.74, 6) is -1.95. The first-order chi connectivity index (χ1) is 16.2. The number of nitrogens with one attached hydrogen (secondary N) is 3. The predicted octanol–water partition coefficient (Wildman–Crippen LogP) is 5.04. The van der Waals surface area contributed by atoms with E-state index in [9.17, 15) is 19.6 Å². The maximum atomic E-state index is 12.3. The van der Waals surface area contributed by atoms with Crippen molar-refractivity contribution < 1.29 is 18.8 Å². The summed E-state index contributed by atoms with van der Waals surface area (Å²) < 4.78 is 5.51. The maximum Gasteiger partial charge on any atom is 0.313 e. The van der Waals surface area contributed by atoms with E-state index in [0.29, 0.717) is 26.5 Å². The molecule has 1 aromatic heterocycles. The summed E-state index contributed by atoms with van der Waals surface area (Å²) in [5, 5.41) is 17.8. The van der Waals surface area contributed by atoms with Gasteiger partial charge >= 0.3 is 11.8 Å². The minimum Gasteiger partial charge on any atom is -0.460 e. The molecule has 0 saturated carbocycles. The average molecular weight is 518 g/mol. The highest BCUT2D eigenvalue weighted by atomic mass is 35.5. The number of rotatable bonds is 6. The van der Waals surface area contributed by atoms with Crippen molar-refractivity contribution in [2.75, 3.05) is 10.6 Å². The van der Waals surface area contributed by atoms with E-state index < -0.39 is 17.7 Å². The second-order valence-corrected chi connectivity index (χ2v) is 8.04. The summed E-state index contributed by atoms with van der Waals surface area (Å²) in [6, 6.07) is 15.6. The Morgan fingerprint density at radius 3 is 2.12 bits per heavy atom. The Balaban J connectivity index is 1.57. The van der Waals surface area contributed by atoms with E-state index in [1.54, 1.807) is 24.3 Å². The van der Waals surface area contributed by atoms with Gasteiger partial charge in [0.1, 0.15) is 23.2 Å². The average Bonchev–Trinajstić information content (AvgIpc) is 3.24. The van der Waals surface area contributed by atoms with E-state index in [1.807, 2.05) is 6.07 Å². The summed E-state index contributed by atoms with van der Waals surface area (Å²) in [6.45, 7) is -0.102. The van der Waals surface area contributed by atoms with Gasteiger partial charge in [0.25, 0.3) is 5.91 Å².